The molecule has 18 heavy (non-hydrogen) atoms. The van der Waals surface area contributed by atoms with Gasteiger partial charge in [-0.25, -0.2) is 0 Å². The summed E-state index contributed by atoms with van der Waals surface area (Å²) >= 11 is 0. The highest BCUT2D eigenvalue weighted by molar-refractivity contribution is 4.84. The summed E-state index contributed by atoms with van der Waals surface area (Å²) in [6, 6.07) is 0. The first kappa shape index (κ1) is 15.9. The molecule has 2 N–H and O–H groups in total. The van der Waals surface area contributed by atoms with Crippen LogP contribution in [0.2, 0.25) is 0 Å². The number of nitrogens with one attached hydrogen (secondary N) is 1. The summed E-state index contributed by atoms with van der Waals surface area (Å²) in [5.74, 6) is 0. The van der Waals surface area contributed by atoms with Crippen molar-refractivity contribution in [3.63, 3.8) is 0 Å². The van der Waals surface area contributed by atoms with Gasteiger partial charge in [0.1, 0.15) is 0 Å². The van der Waals surface area contributed by atoms with Crippen molar-refractivity contribution >= 4 is 0 Å². The van der Waals surface area contributed by atoms with Crippen LogP contribution in [0.25, 0.3) is 0 Å². The Morgan fingerprint density at radius 1 is 1.33 bits per heavy atom. The molecule has 4 nitrogen and oxygen atoms in total. The first-order valence-electron chi connectivity index (χ1n) is 7.23. The molecule has 1 fully saturated rings. The Labute approximate surface area is 112 Å². The lowest BCUT2D eigenvalue weighted by Gasteiger charge is -2.38. The van der Waals surface area contributed by atoms with Crippen molar-refractivity contribution in [2.75, 3.05) is 32.8 Å². The molecule has 0 saturated carbocycles. The molecular weight excluding hydrogens is 228 g/mol. The van der Waals surface area contributed by atoms with Gasteiger partial charge in [0.25, 0.3) is 0 Å². The van der Waals surface area contributed by atoms with Crippen LogP contribution in [0.15, 0.2) is 0 Å². The van der Waals surface area contributed by atoms with E-state index < -0.39 is 0 Å². The van der Waals surface area contributed by atoms with Crippen LogP contribution >= 0.6 is 0 Å². The van der Waals surface area contributed by atoms with E-state index in [0.717, 1.165) is 39.0 Å². The van der Waals surface area contributed by atoms with E-state index in [9.17, 15) is 5.11 Å². The van der Waals surface area contributed by atoms with E-state index in [4.69, 9.17) is 4.74 Å². The van der Waals surface area contributed by atoms with Crippen LogP contribution in [0.1, 0.15) is 40.5 Å². The lowest BCUT2D eigenvalue weighted by molar-refractivity contribution is -0.0699. The van der Waals surface area contributed by atoms with Crippen LogP contribution in [-0.2, 0) is 4.74 Å². The number of hydrogen-bond donors (Lipinski definition) is 2. The first-order valence-corrected chi connectivity index (χ1v) is 7.23. The normalized spacial score (nSPS) is 29.2. The van der Waals surface area contributed by atoms with Gasteiger partial charge in [0.05, 0.1) is 18.8 Å². The van der Waals surface area contributed by atoms with Crippen molar-refractivity contribution in [3.05, 3.63) is 0 Å². The van der Waals surface area contributed by atoms with Gasteiger partial charge >= 0.3 is 0 Å². The molecule has 0 aromatic heterocycles. The summed E-state index contributed by atoms with van der Waals surface area (Å²) < 4.78 is 5.73. The van der Waals surface area contributed by atoms with E-state index in [1.54, 1.807) is 0 Å². The van der Waals surface area contributed by atoms with Crippen molar-refractivity contribution in [3.8, 4) is 0 Å². The summed E-state index contributed by atoms with van der Waals surface area (Å²) in [5, 5.41) is 13.0. The standard InChI is InChI=1S/C14H30N2O2/c1-5-7-15-14(4,11-17)6-8-16-9-12(2)18-13(3)10-16/h12-13,15,17H,5-11H2,1-4H3. The van der Waals surface area contributed by atoms with Gasteiger partial charge in [-0.1, -0.05) is 6.92 Å². The number of aliphatic hydroxyl groups excluding tert-OH is 1. The van der Waals surface area contributed by atoms with Crippen LogP contribution in [0.3, 0.4) is 0 Å². The van der Waals surface area contributed by atoms with Crippen molar-refractivity contribution in [1.29, 1.82) is 0 Å². The van der Waals surface area contributed by atoms with Crippen LogP contribution in [0.5, 0.6) is 0 Å². The molecule has 3 atom stereocenters. The Morgan fingerprint density at radius 2 is 1.94 bits per heavy atom. The van der Waals surface area contributed by atoms with Crippen LogP contribution in [0, 0.1) is 0 Å². The maximum absolute atomic E-state index is 9.54. The van der Waals surface area contributed by atoms with E-state index in [1.807, 2.05) is 0 Å². The molecule has 4 heteroatoms. The Hall–Kier alpha value is -0.160. The number of aliphatic hydroxyl groups is 1. The summed E-state index contributed by atoms with van der Waals surface area (Å²) in [5.41, 5.74) is -0.152. The van der Waals surface area contributed by atoms with Gasteiger partial charge in [0.2, 0.25) is 0 Å². The number of ether oxygens (including phenoxy) is 1. The van der Waals surface area contributed by atoms with Crippen LogP contribution < -0.4 is 5.32 Å². The zero-order chi connectivity index (χ0) is 13.6. The van der Waals surface area contributed by atoms with Crippen LogP contribution in [0.4, 0.5) is 0 Å². The minimum absolute atomic E-state index is 0.152. The highest BCUT2D eigenvalue weighted by atomic mass is 16.5. The smallest absolute Gasteiger partial charge is 0.0678 e. The lowest BCUT2D eigenvalue weighted by atomic mass is 9.98. The summed E-state index contributed by atoms with van der Waals surface area (Å²) in [7, 11) is 0. The fourth-order valence-electron chi connectivity index (χ4n) is 2.52. The Morgan fingerprint density at radius 3 is 2.44 bits per heavy atom. The molecule has 1 rings (SSSR count). The van der Waals surface area contributed by atoms with E-state index in [0.29, 0.717) is 12.2 Å². The molecular formula is C14H30N2O2. The van der Waals surface area contributed by atoms with Crippen molar-refractivity contribution in [2.45, 2.75) is 58.3 Å². The van der Waals surface area contributed by atoms with E-state index in [-0.39, 0.29) is 12.1 Å². The molecule has 0 spiro atoms. The zero-order valence-electron chi connectivity index (χ0n) is 12.4. The Bertz CT molecular complexity index is 228. The van der Waals surface area contributed by atoms with Crippen LogP contribution in [-0.4, -0.2) is 60.5 Å². The Balaban J connectivity index is 2.37. The highest BCUT2D eigenvalue weighted by Gasteiger charge is 2.26. The topological polar surface area (TPSA) is 44.7 Å². The second-order valence-electron chi connectivity index (χ2n) is 5.91. The minimum Gasteiger partial charge on any atom is -0.394 e. The second kappa shape index (κ2) is 7.43. The van der Waals surface area contributed by atoms with Gasteiger partial charge in [-0.2, -0.15) is 0 Å². The number of nitrogens with zero attached hydrogens (tertiary/aromatic N) is 1. The minimum atomic E-state index is -0.152. The average Bonchev–Trinajstić information content (AvgIpc) is 2.33. The fourth-order valence-corrected chi connectivity index (χ4v) is 2.52. The molecule has 0 aromatic carbocycles. The van der Waals surface area contributed by atoms with Gasteiger partial charge in [0, 0.05) is 25.2 Å². The molecule has 1 aliphatic rings. The Kier molecular flexibility index (Phi) is 6.57. The van der Waals surface area contributed by atoms with Gasteiger partial charge in [-0.05, 0) is 40.2 Å². The predicted molar refractivity (Wildman–Crippen MR) is 74.9 cm³/mol. The highest BCUT2D eigenvalue weighted by Crippen LogP contribution is 2.15. The molecule has 1 saturated heterocycles. The molecule has 0 aromatic rings. The third-order valence-corrected chi connectivity index (χ3v) is 3.63. The van der Waals surface area contributed by atoms with E-state index in [2.05, 4.69) is 37.9 Å². The number of hydrogen-bond acceptors (Lipinski definition) is 4. The van der Waals surface area contributed by atoms with Crippen molar-refractivity contribution in [2.24, 2.45) is 0 Å². The zero-order valence-corrected chi connectivity index (χ0v) is 12.4. The maximum Gasteiger partial charge on any atom is 0.0678 e. The SMILES string of the molecule is CCCNC(C)(CO)CCN1CC(C)OC(C)C1. The third-order valence-electron chi connectivity index (χ3n) is 3.63. The van der Waals surface area contributed by atoms with E-state index in [1.165, 1.54) is 0 Å². The molecule has 3 unspecified atom stereocenters. The van der Waals surface area contributed by atoms with Gasteiger partial charge in [-0.15, -0.1) is 0 Å². The third kappa shape index (κ3) is 5.22. The average molecular weight is 258 g/mol. The van der Waals surface area contributed by atoms with E-state index >= 15 is 0 Å². The first-order chi connectivity index (χ1) is 8.49. The monoisotopic (exact) mass is 258 g/mol. The molecule has 0 bridgehead atoms. The molecule has 0 amide bonds. The summed E-state index contributed by atoms with van der Waals surface area (Å²) in [6.07, 6.45) is 2.71. The fraction of sp³-hybridized carbons (Fsp3) is 1.00. The molecule has 1 heterocycles. The molecule has 0 aliphatic carbocycles. The largest absolute Gasteiger partial charge is 0.394 e. The van der Waals surface area contributed by atoms with Crippen molar-refractivity contribution in [1.82, 2.24) is 10.2 Å². The summed E-state index contributed by atoms with van der Waals surface area (Å²) in [6.45, 7) is 12.7. The maximum atomic E-state index is 9.54. The number of rotatable bonds is 7. The quantitative estimate of drug-likeness (QED) is 0.721. The predicted octanol–water partition coefficient (Wildman–Crippen LogP) is 1.24. The van der Waals surface area contributed by atoms with Gasteiger partial charge < -0.3 is 15.2 Å². The molecule has 1 aliphatic heterocycles. The van der Waals surface area contributed by atoms with Gasteiger partial charge in [0.15, 0.2) is 0 Å². The molecule has 0 radical (unpaired) electrons. The van der Waals surface area contributed by atoms with Crippen molar-refractivity contribution < 1.29 is 9.84 Å². The summed E-state index contributed by atoms with van der Waals surface area (Å²) in [4.78, 5) is 2.44. The lowest BCUT2D eigenvalue weighted by Crippen LogP contribution is -2.51. The number of morpholine rings is 1. The molecule has 108 valence electrons. The van der Waals surface area contributed by atoms with Gasteiger partial charge in [-0.3, -0.25) is 4.90 Å². The second-order valence-corrected chi connectivity index (χ2v) is 5.91.